The van der Waals surface area contributed by atoms with Crippen LogP contribution in [0.3, 0.4) is 0 Å². The highest BCUT2D eigenvalue weighted by molar-refractivity contribution is 5.92. The molecular formula is C26H27FN4O. The number of hydrogen-bond acceptors (Lipinski definition) is 4. The summed E-state index contributed by atoms with van der Waals surface area (Å²) < 4.78 is 13.7. The highest BCUT2D eigenvalue weighted by atomic mass is 19.1. The van der Waals surface area contributed by atoms with Crippen LogP contribution in [0, 0.1) is 5.82 Å². The maximum atomic E-state index is 13.7. The molecule has 1 atom stereocenters. The minimum Gasteiger partial charge on any atom is -0.368 e. The molecule has 1 aromatic heterocycles. The molecule has 0 saturated carbocycles. The van der Waals surface area contributed by atoms with Crippen LogP contribution in [0.5, 0.6) is 0 Å². The van der Waals surface area contributed by atoms with Crippen LogP contribution in [0.1, 0.15) is 24.1 Å². The predicted octanol–water partition coefficient (Wildman–Crippen LogP) is 4.44. The number of anilines is 2. The fourth-order valence-corrected chi connectivity index (χ4v) is 3.85. The highest BCUT2D eigenvalue weighted by Crippen LogP contribution is 2.23. The van der Waals surface area contributed by atoms with Crippen molar-refractivity contribution in [3.05, 3.63) is 95.9 Å². The van der Waals surface area contributed by atoms with E-state index in [2.05, 4.69) is 32.2 Å². The zero-order chi connectivity index (χ0) is 22.3. The Hall–Kier alpha value is -3.67. The van der Waals surface area contributed by atoms with Crippen LogP contribution in [0.25, 0.3) is 6.08 Å². The van der Waals surface area contributed by atoms with Crippen LogP contribution >= 0.6 is 0 Å². The van der Waals surface area contributed by atoms with Crippen molar-refractivity contribution in [3.63, 3.8) is 0 Å². The molecule has 2 heterocycles. The third-order valence-electron chi connectivity index (χ3n) is 5.67. The third-order valence-corrected chi connectivity index (χ3v) is 5.67. The standard InChI is InChI=1S/C26H27FN4O/c1-20(29-26(32)13-12-21-7-2-3-10-24(21)27)22-8-6-9-23(19-22)30-15-17-31(18-16-30)25-11-4-5-14-28-25/h2-14,19-20H,15-18H2,1H3,(H,29,32)/b13-12+. The van der Waals surface area contributed by atoms with E-state index in [9.17, 15) is 9.18 Å². The number of pyridine rings is 1. The Morgan fingerprint density at radius 2 is 1.75 bits per heavy atom. The van der Waals surface area contributed by atoms with Crippen LogP contribution in [-0.2, 0) is 4.79 Å². The second-order valence-electron chi connectivity index (χ2n) is 7.84. The summed E-state index contributed by atoms with van der Waals surface area (Å²) in [5, 5.41) is 2.96. The van der Waals surface area contributed by atoms with Gasteiger partial charge in [0.2, 0.25) is 5.91 Å². The van der Waals surface area contributed by atoms with E-state index in [1.807, 2.05) is 43.5 Å². The third kappa shape index (κ3) is 5.32. The van der Waals surface area contributed by atoms with Gasteiger partial charge < -0.3 is 15.1 Å². The van der Waals surface area contributed by atoms with Crippen molar-refractivity contribution in [2.24, 2.45) is 0 Å². The molecule has 2 aromatic carbocycles. The lowest BCUT2D eigenvalue weighted by atomic mass is 10.1. The van der Waals surface area contributed by atoms with Gasteiger partial charge in [0.25, 0.3) is 0 Å². The van der Waals surface area contributed by atoms with Crippen LogP contribution in [0.4, 0.5) is 15.9 Å². The smallest absolute Gasteiger partial charge is 0.244 e. The van der Waals surface area contributed by atoms with E-state index >= 15 is 0 Å². The normalized spacial score (nSPS) is 15.1. The number of hydrogen-bond donors (Lipinski definition) is 1. The van der Waals surface area contributed by atoms with Gasteiger partial charge in [0.05, 0.1) is 6.04 Å². The van der Waals surface area contributed by atoms with Crippen molar-refractivity contribution in [1.82, 2.24) is 10.3 Å². The van der Waals surface area contributed by atoms with E-state index < -0.39 is 0 Å². The Morgan fingerprint density at radius 1 is 1.00 bits per heavy atom. The topological polar surface area (TPSA) is 48.5 Å². The average Bonchev–Trinajstić information content (AvgIpc) is 2.84. The molecule has 1 saturated heterocycles. The number of nitrogens with one attached hydrogen (secondary N) is 1. The van der Waals surface area contributed by atoms with Crippen molar-refractivity contribution >= 4 is 23.5 Å². The van der Waals surface area contributed by atoms with Crippen molar-refractivity contribution in [2.45, 2.75) is 13.0 Å². The maximum Gasteiger partial charge on any atom is 0.244 e. The Kier molecular flexibility index (Phi) is 6.80. The number of nitrogens with zero attached hydrogens (tertiary/aromatic N) is 3. The van der Waals surface area contributed by atoms with E-state index in [1.54, 1.807) is 18.2 Å². The lowest BCUT2D eigenvalue weighted by Gasteiger charge is -2.37. The first-order valence-electron chi connectivity index (χ1n) is 10.8. The van der Waals surface area contributed by atoms with Crippen LogP contribution in [0.15, 0.2) is 79.0 Å². The number of carbonyl (C=O) groups excluding carboxylic acids is 1. The van der Waals surface area contributed by atoms with E-state index in [1.165, 1.54) is 18.2 Å². The summed E-state index contributed by atoms with van der Waals surface area (Å²) in [4.78, 5) is 21.4. The fourth-order valence-electron chi connectivity index (χ4n) is 3.85. The molecule has 5 nitrogen and oxygen atoms in total. The molecule has 32 heavy (non-hydrogen) atoms. The average molecular weight is 431 g/mol. The lowest BCUT2D eigenvalue weighted by Crippen LogP contribution is -2.46. The Morgan fingerprint density at radius 3 is 2.50 bits per heavy atom. The summed E-state index contributed by atoms with van der Waals surface area (Å²) in [6, 6.07) is 20.5. The minimum absolute atomic E-state index is 0.164. The predicted molar refractivity (Wildman–Crippen MR) is 127 cm³/mol. The number of benzene rings is 2. The summed E-state index contributed by atoms with van der Waals surface area (Å²) in [6.45, 7) is 5.59. The Balaban J connectivity index is 1.35. The van der Waals surface area contributed by atoms with Crippen molar-refractivity contribution in [1.29, 1.82) is 0 Å². The number of aromatic nitrogens is 1. The van der Waals surface area contributed by atoms with E-state index in [0.717, 1.165) is 43.2 Å². The Labute approximate surface area is 188 Å². The summed E-state index contributed by atoms with van der Waals surface area (Å²) in [5.41, 5.74) is 2.57. The zero-order valence-corrected chi connectivity index (χ0v) is 18.1. The molecule has 1 N–H and O–H groups in total. The fraction of sp³-hybridized carbons (Fsp3) is 0.231. The van der Waals surface area contributed by atoms with Gasteiger partial charge in [0.15, 0.2) is 0 Å². The SMILES string of the molecule is CC(NC(=O)/C=C/c1ccccc1F)c1cccc(N2CCN(c3ccccn3)CC2)c1. The lowest BCUT2D eigenvalue weighted by molar-refractivity contribution is -0.117. The molecule has 4 rings (SSSR count). The molecule has 0 aliphatic carbocycles. The molecule has 0 radical (unpaired) electrons. The molecule has 0 bridgehead atoms. The second kappa shape index (κ2) is 10.1. The zero-order valence-electron chi connectivity index (χ0n) is 18.1. The molecule has 1 unspecified atom stereocenters. The summed E-state index contributed by atoms with van der Waals surface area (Å²) in [6.07, 6.45) is 4.69. The molecule has 1 amide bonds. The number of piperazine rings is 1. The Bertz CT molecular complexity index is 1080. The summed E-state index contributed by atoms with van der Waals surface area (Å²) in [5.74, 6) is 0.413. The molecule has 3 aromatic rings. The molecule has 1 fully saturated rings. The molecule has 1 aliphatic rings. The summed E-state index contributed by atoms with van der Waals surface area (Å²) >= 11 is 0. The van der Waals surface area contributed by atoms with Crippen LogP contribution in [-0.4, -0.2) is 37.1 Å². The number of halogens is 1. The van der Waals surface area contributed by atoms with Gasteiger partial charge in [-0.05, 0) is 48.9 Å². The van der Waals surface area contributed by atoms with Gasteiger partial charge in [-0.25, -0.2) is 9.37 Å². The van der Waals surface area contributed by atoms with Gasteiger partial charge in [-0.2, -0.15) is 0 Å². The molecule has 6 heteroatoms. The molecular weight excluding hydrogens is 403 g/mol. The molecule has 164 valence electrons. The van der Waals surface area contributed by atoms with E-state index in [-0.39, 0.29) is 17.8 Å². The quantitative estimate of drug-likeness (QED) is 0.588. The van der Waals surface area contributed by atoms with Crippen LogP contribution < -0.4 is 15.1 Å². The molecule has 0 spiro atoms. The number of carbonyl (C=O) groups is 1. The maximum absolute atomic E-state index is 13.7. The van der Waals surface area contributed by atoms with Crippen molar-refractivity contribution in [2.75, 3.05) is 36.0 Å². The first-order chi connectivity index (χ1) is 15.6. The summed E-state index contributed by atoms with van der Waals surface area (Å²) in [7, 11) is 0. The van der Waals surface area contributed by atoms with Gasteiger partial charge in [0, 0.05) is 49.7 Å². The van der Waals surface area contributed by atoms with Crippen molar-refractivity contribution in [3.8, 4) is 0 Å². The highest BCUT2D eigenvalue weighted by Gasteiger charge is 2.19. The number of amides is 1. The first-order valence-corrected chi connectivity index (χ1v) is 10.8. The second-order valence-corrected chi connectivity index (χ2v) is 7.84. The first kappa shape index (κ1) is 21.6. The largest absolute Gasteiger partial charge is 0.368 e. The van der Waals surface area contributed by atoms with Gasteiger partial charge >= 0.3 is 0 Å². The molecule has 1 aliphatic heterocycles. The van der Waals surface area contributed by atoms with Crippen molar-refractivity contribution < 1.29 is 9.18 Å². The van der Waals surface area contributed by atoms with Gasteiger partial charge in [0.1, 0.15) is 11.6 Å². The van der Waals surface area contributed by atoms with E-state index in [0.29, 0.717) is 5.56 Å². The van der Waals surface area contributed by atoms with Gasteiger partial charge in [-0.15, -0.1) is 0 Å². The van der Waals surface area contributed by atoms with Gasteiger partial charge in [-0.1, -0.05) is 36.4 Å². The van der Waals surface area contributed by atoms with E-state index in [4.69, 9.17) is 0 Å². The van der Waals surface area contributed by atoms with Gasteiger partial charge in [-0.3, -0.25) is 4.79 Å². The van der Waals surface area contributed by atoms with Crippen LogP contribution in [0.2, 0.25) is 0 Å². The number of rotatable bonds is 6. The monoisotopic (exact) mass is 430 g/mol. The minimum atomic E-state index is -0.347.